The fourth-order valence-corrected chi connectivity index (χ4v) is 2.62. The van der Waals surface area contributed by atoms with Gasteiger partial charge in [0.05, 0.1) is 19.1 Å². The second kappa shape index (κ2) is 10.6. The molecule has 0 saturated heterocycles. The lowest BCUT2D eigenvalue weighted by Crippen LogP contribution is -2.39. The average molecular weight is 300 g/mol. The second-order valence-electron chi connectivity index (χ2n) is 5.36. The molecule has 2 atom stereocenters. The number of nitrogens with one attached hydrogen (secondary N) is 2. The SMILES string of the molecule is CCOC(=O)C1CCCC(NCCC(=O)NCCOC)C1. The number of carbonyl (C=O) groups excluding carboxylic acids is 2. The van der Waals surface area contributed by atoms with Gasteiger partial charge in [0, 0.05) is 32.7 Å². The van der Waals surface area contributed by atoms with Crippen molar-refractivity contribution in [3.63, 3.8) is 0 Å². The van der Waals surface area contributed by atoms with Crippen molar-refractivity contribution in [3.05, 3.63) is 0 Å². The fourth-order valence-electron chi connectivity index (χ4n) is 2.62. The summed E-state index contributed by atoms with van der Waals surface area (Å²) in [5.74, 6) is -0.0506. The van der Waals surface area contributed by atoms with Crippen molar-refractivity contribution in [2.45, 2.75) is 45.1 Å². The number of ether oxygens (including phenoxy) is 2. The minimum atomic E-state index is -0.0821. The van der Waals surface area contributed by atoms with Crippen molar-refractivity contribution < 1.29 is 19.1 Å². The molecule has 1 aliphatic rings. The third kappa shape index (κ3) is 7.43. The largest absolute Gasteiger partial charge is 0.466 e. The lowest BCUT2D eigenvalue weighted by atomic mass is 9.85. The van der Waals surface area contributed by atoms with Gasteiger partial charge in [0.15, 0.2) is 0 Å². The van der Waals surface area contributed by atoms with Gasteiger partial charge >= 0.3 is 5.97 Å². The third-order valence-corrected chi connectivity index (χ3v) is 3.71. The van der Waals surface area contributed by atoms with Gasteiger partial charge in [-0.25, -0.2) is 0 Å². The van der Waals surface area contributed by atoms with Crippen LogP contribution in [0.15, 0.2) is 0 Å². The summed E-state index contributed by atoms with van der Waals surface area (Å²) in [7, 11) is 1.61. The maximum atomic E-state index is 11.7. The fraction of sp³-hybridized carbons (Fsp3) is 0.867. The summed E-state index contributed by atoms with van der Waals surface area (Å²) in [5, 5.41) is 6.16. The van der Waals surface area contributed by atoms with Gasteiger partial charge in [-0.1, -0.05) is 6.42 Å². The van der Waals surface area contributed by atoms with E-state index >= 15 is 0 Å². The lowest BCUT2D eigenvalue weighted by molar-refractivity contribution is -0.149. The Hall–Kier alpha value is -1.14. The van der Waals surface area contributed by atoms with Crippen LogP contribution in [0.2, 0.25) is 0 Å². The predicted octanol–water partition coefficient (Wildman–Crippen LogP) is 0.851. The summed E-state index contributed by atoms with van der Waals surface area (Å²) in [4.78, 5) is 23.3. The quantitative estimate of drug-likeness (QED) is 0.488. The summed E-state index contributed by atoms with van der Waals surface area (Å²) in [6.45, 7) is 3.99. The average Bonchev–Trinajstić information content (AvgIpc) is 2.48. The van der Waals surface area contributed by atoms with Gasteiger partial charge in [-0.2, -0.15) is 0 Å². The number of carbonyl (C=O) groups is 2. The second-order valence-corrected chi connectivity index (χ2v) is 5.36. The van der Waals surface area contributed by atoms with Crippen LogP contribution >= 0.6 is 0 Å². The molecule has 2 unspecified atom stereocenters. The van der Waals surface area contributed by atoms with Gasteiger partial charge in [0.2, 0.25) is 5.91 Å². The van der Waals surface area contributed by atoms with Gasteiger partial charge in [-0.05, 0) is 26.2 Å². The Balaban J connectivity index is 2.17. The molecule has 1 fully saturated rings. The molecule has 0 aliphatic heterocycles. The van der Waals surface area contributed by atoms with E-state index in [0.717, 1.165) is 25.7 Å². The van der Waals surface area contributed by atoms with E-state index in [1.807, 2.05) is 6.92 Å². The lowest BCUT2D eigenvalue weighted by Gasteiger charge is -2.28. The number of rotatable bonds is 9. The van der Waals surface area contributed by atoms with Crippen molar-refractivity contribution in [2.24, 2.45) is 5.92 Å². The van der Waals surface area contributed by atoms with Gasteiger partial charge in [-0.15, -0.1) is 0 Å². The molecule has 1 saturated carbocycles. The van der Waals surface area contributed by atoms with E-state index in [9.17, 15) is 9.59 Å². The highest BCUT2D eigenvalue weighted by Crippen LogP contribution is 2.25. The monoisotopic (exact) mass is 300 g/mol. The summed E-state index contributed by atoms with van der Waals surface area (Å²) in [5.41, 5.74) is 0. The maximum Gasteiger partial charge on any atom is 0.308 e. The van der Waals surface area contributed by atoms with Crippen LogP contribution < -0.4 is 10.6 Å². The Kier molecular flexibility index (Phi) is 9.01. The smallest absolute Gasteiger partial charge is 0.308 e. The zero-order valence-electron chi connectivity index (χ0n) is 13.2. The molecule has 122 valence electrons. The van der Waals surface area contributed by atoms with Crippen molar-refractivity contribution in [2.75, 3.05) is 33.4 Å². The van der Waals surface area contributed by atoms with Crippen LogP contribution in [0.3, 0.4) is 0 Å². The molecular weight excluding hydrogens is 272 g/mol. The number of amides is 1. The van der Waals surface area contributed by atoms with Gasteiger partial charge in [0.25, 0.3) is 0 Å². The minimum Gasteiger partial charge on any atom is -0.466 e. The Labute approximate surface area is 126 Å². The van der Waals surface area contributed by atoms with Crippen LogP contribution in [0, 0.1) is 5.92 Å². The summed E-state index contributed by atoms with van der Waals surface area (Å²) in [6, 6.07) is 0.305. The van der Waals surface area contributed by atoms with Crippen LogP contribution in [0.4, 0.5) is 0 Å². The molecule has 2 N–H and O–H groups in total. The first-order chi connectivity index (χ1) is 10.2. The molecule has 1 amide bonds. The Bertz CT molecular complexity index is 323. The molecule has 6 heteroatoms. The van der Waals surface area contributed by atoms with Gasteiger partial charge in [0.1, 0.15) is 0 Å². The predicted molar refractivity (Wildman–Crippen MR) is 79.9 cm³/mol. The van der Waals surface area contributed by atoms with E-state index in [-0.39, 0.29) is 17.8 Å². The standard InChI is InChI=1S/C15H28N2O4/c1-3-21-15(19)12-5-4-6-13(11-12)16-8-7-14(18)17-9-10-20-2/h12-13,16H,3-11H2,1-2H3,(H,17,18). The van der Waals surface area contributed by atoms with Crippen LogP contribution in [0.5, 0.6) is 0 Å². The number of methoxy groups -OCH3 is 1. The molecule has 1 rings (SSSR count). The topological polar surface area (TPSA) is 76.7 Å². The zero-order valence-corrected chi connectivity index (χ0v) is 13.2. The summed E-state index contributed by atoms with van der Waals surface area (Å²) >= 11 is 0. The Morgan fingerprint density at radius 3 is 2.76 bits per heavy atom. The van der Waals surface area contributed by atoms with E-state index in [1.165, 1.54) is 0 Å². The number of hydrogen-bond donors (Lipinski definition) is 2. The highest BCUT2D eigenvalue weighted by atomic mass is 16.5. The van der Waals surface area contributed by atoms with Crippen molar-refractivity contribution >= 4 is 11.9 Å². The van der Waals surface area contributed by atoms with Crippen molar-refractivity contribution in [1.82, 2.24) is 10.6 Å². The summed E-state index contributed by atoms with van der Waals surface area (Å²) < 4.78 is 9.96. The molecule has 0 radical (unpaired) electrons. The molecule has 6 nitrogen and oxygen atoms in total. The van der Waals surface area contributed by atoms with Crippen LogP contribution in [0.25, 0.3) is 0 Å². The Morgan fingerprint density at radius 2 is 2.05 bits per heavy atom. The highest BCUT2D eigenvalue weighted by Gasteiger charge is 2.27. The van der Waals surface area contributed by atoms with Crippen molar-refractivity contribution in [3.8, 4) is 0 Å². The molecule has 0 aromatic rings. The molecule has 1 aliphatic carbocycles. The van der Waals surface area contributed by atoms with Crippen molar-refractivity contribution in [1.29, 1.82) is 0 Å². The first-order valence-electron chi connectivity index (χ1n) is 7.83. The minimum absolute atomic E-state index is 0.00623. The normalized spacial score (nSPS) is 21.8. The molecule has 0 spiro atoms. The Morgan fingerprint density at radius 1 is 1.24 bits per heavy atom. The van der Waals surface area contributed by atoms with Crippen LogP contribution in [-0.2, 0) is 19.1 Å². The number of hydrogen-bond acceptors (Lipinski definition) is 5. The number of esters is 1. The van der Waals surface area contributed by atoms with Crippen LogP contribution in [0.1, 0.15) is 39.0 Å². The molecule has 21 heavy (non-hydrogen) atoms. The van der Waals surface area contributed by atoms with E-state index in [0.29, 0.717) is 38.8 Å². The van der Waals surface area contributed by atoms with Gasteiger partial charge < -0.3 is 20.1 Å². The molecular formula is C15H28N2O4. The molecule has 0 aromatic carbocycles. The van der Waals surface area contributed by atoms with E-state index in [1.54, 1.807) is 7.11 Å². The highest BCUT2D eigenvalue weighted by molar-refractivity contribution is 5.76. The maximum absolute atomic E-state index is 11.7. The molecule has 0 heterocycles. The first kappa shape index (κ1) is 17.9. The first-order valence-corrected chi connectivity index (χ1v) is 7.83. The summed E-state index contributed by atoms with van der Waals surface area (Å²) in [6.07, 6.45) is 4.26. The zero-order chi connectivity index (χ0) is 15.5. The van der Waals surface area contributed by atoms with Gasteiger partial charge in [-0.3, -0.25) is 9.59 Å². The van der Waals surface area contributed by atoms with Crippen LogP contribution in [-0.4, -0.2) is 51.3 Å². The molecule has 0 bridgehead atoms. The molecule has 0 aromatic heterocycles. The van der Waals surface area contributed by atoms with E-state index in [2.05, 4.69) is 10.6 Å². The van der Waals surface area contributed by atoms with E-state index < -0.39 is 0 Å². The van der Waals surface area contributed by atoms with E-state index in [4.69, 9.17) is 9.47 Å². The third-order valence-electron chi connectivity index (χ3n) is 3.71.